The minimum absolute atomic E-state index is 0.102. The van der Waals surface area contributed by atoms with E-state index in [2.05, 4.69) is 6.92 Å². The fourth-order valence-corrected chi connectivity index (χ4v) is 2.58. The molecule has 0 aromatic carbocycles. The van der Waals surface area contributed by atoms with Crippen molar-refractivity contribution in [3.63, 3.8) is 0 Å². The lowest BCUT2D eigenvalue weighted by Crippen LogP contribution is -2.24. The van der Waals surface area contributed by atoms with Gasteiger partial charge in [-0.2, -0.15) is 0 Å². The van der Waals surface area contributed by atoms with Crippen LogP contribution in [0.15, 0.2) is 0 Å². The van der Waals surface area contributed by atoms with Crippen molar-refractivity contribution < 1.29 is 14.2 Å². The van der Waals surface area contributed by atoms with Gasteiger partial charge in [-0.3, -0.25) is 0 Å². The van der Waals surface area contributed by atoms with Crippen molar-refractivity contribution in [3.8, 4) is 0 Å². The Hall–Kier alpha value is -0.120. The first-order valence-corrected chi connectivity index (χ1v) is 9.55. The van der Waals surface area contributed by atoms with Crippen LogP contribution in [-0.2, 0) is 14.2 Å². The normalized spacial score (nSPS) is 14.2. The van der Waals surface area contributed by atoms with Crippen LogP contribution in [0.5, 0.6) is 0 Å². The summed E-state index contributed by atoms with van der Waals surface area (Å²) in [6.45, 7) is 10.4. The first-order chi connectivity index (χ1) is 10.7. The molecule has 0 heterocycles. The van der Waals surface area contributed by atoms with E-state index < -0.39 is 0 Å². The first kappa shape index (κ1) is 21.9. The fourth-order valence-electron chi connectivity index (χ4n) is 2.58. The summed E-state index contributed by atoms with van der Waals surface area (Å²) in [6.07, 6.45) is 13.6. The molecule has 3 nitrogen and oxygen atoms in total. The van der Waals surface area contributed by atoms with E-state index in [4.69, 9.17) is 14.2 Å². The molecule has 0 saturated heterocycles. The lowest BCUT2D eigenvalue weighted by molar-refractivity contribution is -0.165. The highest BCUT2D eigenvalue weighted by Crippen LogP contribution is 2.10. The Morgan fingerprint density at radius 1 is 0.727 bits per heavy atom. The highest BCUT2D eigenvalue weighted by atomic mass is 16.7. The topological polar surface area (TPSA) is 27.7 Å². The van der Waals surface area contributed by atoms with Crippen LogP contribution in [0.3, 0.4) is 0 Å². The minimum Gasteiger partial charge on any atom is -0.379 e. The van der Waals surface area contributed by atoms with E-state index in [9.17, 15) is 0 Å². The van der Waals surface area contributed by atoms with Gasteiger partial charge in [-0.1, -0.05) is 64.7 Å². The summed E-state index contributed by atoms with van der Waals surface area (Å²) >= 11 is 0. The van der Waals surface area contributed by atoms with Gasteiger partial charge in [0, 0.05) is 13.2 Å². The second-order valence-electron chi connectivity index (χ2n) is 6.23. The zero-order valence-corrected chi connectivity index (χ0v) is 15.6. The molecule has 0 rings (SSSR count). The zero-order chi connectivity index (χ0) is 16.5. The molecule has 3 heteroatoms. The molecule has 0 amide bonds. The van der Waals surface area contributed by atoms with Crippen molar-refractivity contribution in [2.24, 2.45) is 0 Å². The Balaban J connectivity index is 3.16. The highest BCUT2D eigenvalue weighted by molar-refractivity contribution is 4.50. The molecule has 0 aliphatic rings. The predicted octanol–water partition coefficient (Wildman–Crippen LogP) is 5.71. The quantitative estimate of drug-likeness (QED) is 0.254. The maximum absolute atomic E-state index is 5.67. The van der Waals surface area contributed by atoms with Crippen LogP contribution in [0.1, 0.15) is 91.9 Å². The van der Waals surface area contributed by atoms with Crippen molar-refractivity contribution in [2.75, 3.05) is 19.8 Å². The van der Waals surface area contributed by atoms with Crippen LogP contribution in [-0.4, -0.2) is 32.2 Å². The third-order valence-electron chi connectivity index (χ3n) is 3.82. The maximum atomic E-state index is 5.67. The van der Waals surface area contributed by atoms with Crippen LogP contribution in [0.4, 0.5) is 0 Å². The first-order valence-electron chi connectivity index (χ1n) is 9.55. The molecule has 0 bridgehead atoms. The lowest BCUT2D eigenvalue weighted by atomic mass is 10.1. The van der Waals surface area contributed by atoms with Gasteiger partial charge in [0.05, 0.1) is 12.7 Å². The summed E-state index contributed by atoms with van der Waals surface area (Å²) < 4.78 is 16.7. The summed E-state index contributed by atoms with van der Waals surface area (Å²) in [6, 6.07) is 0. The summed E-state index contributed by atoms with van der Waals surface area (Å²) in [4.78, 5) is 0. The third-order valence-corrected chi connectivity index (χ3v) is 3.82. The second kappa shape index (κ2) is 17.2. The van der Waals surface area contributed by atoms with Gasteiger partial charge in [0.2, 0.25) is 0 Å². The average molecular weight is 317 g/mol. The smallest absolute Gasteiger partial charge is 0.155 e. The third kappa shape index (κ3) is 16.3. The van der Waals surface area contributed by atoms with Crippen molar-refractivity contribution >= 4 is 0 Å². The van der Waals surface area contributed by atoms with E-state index in [1.807, 2.05) is 20.8 Å². The minimum atomic E-state index is -0.138. The molecule has 0 aliphatic carbocycles. The molecule has 0 aromatic rings. The van der Waals surface area contributed by atoms with Crippen LogP contribution < -0.4 is 0 Å². The molecule has 0 fully saturated rings. The molecular formula is C19H40O3. The number of unbranched alkanes of at least 4 members (excludes halogenated alkanes) is 9. The summed E-state index contributed by atoms with van der Waals surface area (Å²) in [5, 5.41) is 0. The molecule has 0 aromatic heterocycles. The van der Waals surface area contributed by atoms with Gasteiger partial charge in [-0.15, -0.1) is 0 Å². The molecule has 2 atom stereocenters. The summed E-state index contributed by atoms with van der Waals surface area (Å²) in [7, 11) is 0. The van der Waals surface area contributed by atoms with Gasteiger partial charge in [0.1, 0.15) is 0 Å². The van der Waals surface area contributed by atoms with E-state index in [1.54, 1.807) is 0 Å². The van der Waals surface area contributed by atoms with E-state index >= 15 is 0 Å². The standard InChI is InChI=1S/C19H40O3/c1-5-7-8-9-10-11-12-13-14-15-16-20-17-18(3)22-19(4)21-6-2/h18-19H,5-17H2,1-4H3/t18-,19+/m1/s1. The lowest BCUT2D eigenvalue weighted by Gasteiger charge is -2.18. The second-order valence-corrected chi connectivity index (χ2v) is 6.23. The molecular weight excluding hydrogens is 276 g/mol. The average Bonchev–Trinajstić information content (AvgIpc) is 2.48. The number of hydrogen-bond acceptors (Lipinski definition) is 3. The molecule has 0 spiro atoms. The van der Waals surface area contributed by atoms with Gasteiger partial charge in [-0.05, 0) is 27.2 Å². The fraction of sp³-hybridized carbons (Fsp3) is 1.00. The SMILES string of the molecule is CCCCCCCCCCCCOC[C@@H](C)O[C@@H](C)OCC. The van der Waals surface area contributed by atoms with Crippen LogP contribution >= 0.6 is 0 Å². The van der Waals surface area contributed by atoms with Crippen LogP contribution in [0, 0.1) is 0 Å². The van der Waals surface area contributed by atoms with E-state index in [0.717, 1.165) is 6.61 Å². The van der Waals surface area contributed by atoms with Gasteiger partial charge >= 0.3 is 0 Å². The number of rotatable bonds is 17. The van der Waals surface area contributed by atoms with Crippen molar-refractivity contribution in [1.29, 1.82) is 0 Å². The molecule has 0 radical (unpaired) electrons. The largest absolute Gasteiger partial charge is 0.379 e. The Morgan fingerprint density at radius 2 is 1.27 bits per heavy atom. The molecule has 0 aliphatic heterocycles. The van der Waals surface area contributed by atoms with Crippen molar-refractivity contribution in [3.05, 3.63) is 0 Å². The molecule has 0 saturated carbocycles. The van der Waals surface area contributed by atoms with Gasteiger partial charge in [0.25, 0.3) is 0 Å². The van der Waals surface area contributed by atoms with Crippen LogP contribution in [0.25, 0.3) is 0 Å². The zero-order valence-electron chi connectivity index (χ0n) is 15.6. The molecule has 22 heavy (non-hydrogen) atoms. The van der Waals surface area contributed by atoms with Gasteiger partial charge in [0.15, 0.2) is 6.29 Å². The summed E-state index contributed by atoms with van der Waals surface area (Å²) in [5.74, 6) is 0. The molecule has 0 unspecified atom stereocenters. The number of hydrogen-bond donors (Lipinski definition) is 0. The Bertz CT molecular complexity index is 209. The molecule has 0 N–H and O–H groups in total. The van der Waals surface area contributed by atoms with E-state index in [0.29, 0.717) is 13.2 Å². The summed E-state index contributed by atoms with van der Waals surface area (Å²) in [5.41, 5.74) is 0. The molecule has 134 valence electrons. The van der Waals surface area contributed by atoms with E-state index in [-0.39, 0.29) is 12.4 Å². The Morgan fingerprint density at radius 3 is 1.82 bits per heavy atom. The van der Waals surface area contributed by atoms with Gasteiger partial charge < -0.3 is 14.2 Å². The van der Waals surface area contributed by atoms with Crippen LogP contribution in [0.2, 0.25) is 0 Å². The predicted molar refractivity (Wildman–Crippen MR) is 94.3 cm³/mol. The van der Waals surface area contributed by atoms with Gasteiger partial charge in [-0.25, -0.2) is 0 Å². The maximum Gasteiger partial charge on any atom is 0.155 e. The van der Waals surface area contributed by atoms with E-state index in [1.165, 1.54) is 64.2 Å². The van der Waals surface area contributed by atoms with Crippen molar-refractivity contribution in [1.82, 2.24) is 0 Å². The number of ether oxygens (including phenoxy) is 3. The van der Waals surface area contributed by atoms with Crippen molar-refractivity contribution in [2.45, 2.75) is 104 Å². The Kier molecular flexibility index (Phi) is 17.1. The monoisotopic (exact) mass is 316 g/mol. The Labute approximate surface area is 139 Å². The highest BCUT2D eigenvalue weighted by Gasteiger charge is 2.08.